The van der Waals surface area contributed by atoms with E-state index in [0.29, 0.717) is 11.0 Å². The Bertz CT molecular complexity index is 1100. The number of aliphatic hydroxyl groups is 1. The van der Waals surface area contributed by atoms with Crippen LogP contribution in [0.4, 0.5) is 5.13 Å². The molecular weight excluding hydrogens is 428 g/mol. The smallest absolute Gasteiger partial charge is 0.341 e. The Hall–Kier alpha value is -2.91. The summed E-state index contributed by atoms with van der Waals surface area (Å²) in [7, 11) is 0. The highest BCUT2D eigenvalue weighted by molar-refractivity contribution is 7.14. The summed E-state index contributed by atoms with van der Waals surface area (Å²) in [6.07, 6.45) is 7.22. The highest BCUT2D eigenvalue weighted by atomic mass is 32.1. The number of carbonyl (C=O) groups excluding carboxylic acids is 2. The lowest BCUT2D eigenvalue weighted by molar-refractivity contribution is -0.153. The molecule has 1 amide bonds. The van der Waals surface area contributed by atoms with Crippen LogP contribution in [-0.4, -0.2) is 38.5 Å². The van der Waals surface area contributed by atoms with Crippen LogP contribution in [0.15, 0.2) is 36.1 Å². The van der Waals surface area contributed by atoms with Crippen molar-refractivity contribution in [3.05, 3.63) is 47.4 Å². The van der Waals surface area contributed by atoms with Crippen molar-refractivity contribution in [2.24, 2.45) is 5.92 Å². The van der Waals surface area contributed by atoms with Crippen LogP contribution < -0.4 is 5.32 Å². The lowest BCUT2D eigenvalue weighted by Gasteiger charge is -2.20. The molecule has 1 fully saturated rings. The highest BCUT2D eigenvalue weighted by Crippen LogP contribution is 2.36. The van der Waals surface area contributed by atoms with Gasteiger partial charge in [0.25, 0.3) is 0 Å². The molecule has 0 radical (unpaired) electrons. The average Bonchev–Trinajstić information content (AvgIpc) is 3.49. The van der Waals surface area contributed by atoms with E-state index in [0.717, 1.165) is 35.7 Å². The Balaban J connectivity index is 1.54. The number of ether oxygens (including phenoxy) is 1. The van der Waals surface area contributed by atoms with Gasteiger partial charge in [-0.2, -0.15) is 0 Å². The first-order valence-corrected chi connectivity index (χ1v) is 11.7. The van der Waals surface area contributed by atoms with Gasteiger partial charge in [-0.05, 0) is 37.0 Å². The molecule has 2 aromatic heterocycles. The fourth-order valence-electron chi connectivity index (χ4n) is 4.20. The van der Waals surface area contributed by atoms with E-state index >= 15 is 0 Å². The van der Waals surface area contributed by atoms with E-state index < -0.39 is 12.1 Å². The van der Waals surface area contributed by atoms with Crippen LogP contribution in [0, 0.1) is 5.92 Å². The lowest BCUT2D eigenvalue weighted by atomic mass is 9.87. The molecule has 0 spiro atoms. The van der Waals surface area contributed by atoms with Crippen LogP contribution in [0.2, 0.25) is 0 Å². The molecule has 2 N–H and O–H groups in total. The number of esters is 1. The molecule has 1 aliphatic rings. The van der Waals surface area contributed by atoms with E-state index in [2.05, 4.69) is 20.3 Å². The summed E-state index contributed by atoms with van der Waals surface area (Å²) in [5, 5.41) is 15.8. The average molecular weight is 455 g/mol. The number of amides is 1. The summed E-state index contributed by atoms with van der Waals surface area (Å²) in [5.41, 5.74) is 1.92. The molecule has 0 saturated heterocycles. The minimum Gasteiger partial charge on any atom is -0.464 e. The Kier molecular flexibility index (Phi) is 7.06. The number of hydrogen-bond acceptors (Lipinski definition) is 8. The zero-order valence-corrected chi connectivity index (χ0v) is 18.7. The molecule has 2 atom stereocenters. The molecule has 4 rings (SSSR count). The summed E-state index contributed by atoms with van der Waals surface area (Å²) in [6.45, 7) is 1.84. The van der Waals surface area contributed by atoms with E-state index in [4.69, 9.17) is 4.74 Å². The predicted octanol–water partition coefficient (Wildman–Crippen LogP) is 3.99. The quantitative estimate of drug-likeness (QED) is 0.495. The van der Waals surface area contributed by atoms with E-state index in [-0.39, 0.29) is 24.1 Å². The summed E-state index contributed by atoms with van der Waals surface area (Å²) in [5.74, 6) is -0.746. The molecule has 1 saturated carbocycles. The van der Waals surface area contributed by atoms with E-state index in [1.807, 2.05) is 18.2 Å². The number of carbonyl (C=O) groups is 2. The number of aliphatic hydroxyl groups excluding tert-OH is 1. The molecule has 2 unspecified atom stereocenters. The van der Waals surface area contributed by atoms with E-state index in [1.165, 1.54) is 30.5 Å². The van der Waals surface area contributed by atoms with Gasteiger partial charge >= 0.3 is 5.97 Å². The largest absolute Gasteiger partial charge is 0.464 e. The van der Waals surface area contributed by atoms with Gasteiger partial charge in [0.2, 0.25) is 5.91 Å². The second-order valence-corrected chi connectivity index (χ2v) is 8.86. The first kappa shape index (κ1) is 22.3. The van der Waals surface area contributed by atoms with Crippen molar-refractivity contribution in [1.29, 1.82) is 0 Å². The van der Waals surface area contributed by atoms with Gasteiger partial charge in [0, 0.05) is 17.0 Å². The number of thiazole rings is 1. The van der Waals surface area contributed by atoms with Crippen molar-refractivity contribution in [1.82, 2.24) is 15.0 Å². The molecular formula is C23H26N4O4S. The standard InChI is InChI=1S/C23H26N4O4S/c1-2-31-22(30)20(28)19-12-32-23(26-19)27-21(29)17(9-14-5-3-4-6-14)15-7-8-18-16(10-15)11-24-13-25-18/h7-8,10-14,17,20,28H,2-6,9H2,1H3,(H,26,27,29). The Morgan fingerprint density at radius 1 is 1.31 bits per heavy atom. The normalized spacial score (nSPS) is 16.1. The van der Waals surface area contributed by atoms with Gasteiger partial charge in [0.1, 0.15) is 6.33 Å². The number of benzene rings is 1. The third kappa shape index (κ3) is 5.11. The minimum absolute atomic E-state index is 0.153. The van der Waals surface area contributed by atoms with Crippen LogP contribution >= 0.6 is 11.3 Å². The van der Waals surface area contributed by atoms with Crippen molar-refractivity contribution in [2.75, 3.05) is 11.9 Å². The van der Waals surface area contributed by atoms with Gasteiger partial charge in [0.05, 0.1) is 23.7 Å². The maximum atomic E-state index is 13.3. The van der Waals surface area contributed by atoms with Crippen LogP contribution in [0.3, 0.4) is 0 Å². The first-order valence-electron chi connectivity index (χ1n) is 10.9. The zero-order chi connectivity index (χ0) is 22.5. The minimum atomic E-state index is -1.47. The Labute approximate surface area is 190 Å². The number of anilines is 1. The van der Waals surface area contributed by atoms with E-state index in [1.54, 1.807) is 18.5 Å². The molecule has 2 heterocycles. The predicted molar refractivity (Wildman–Crippen MR) is 121 cm³/mol. The van der Waals surface area contributed by atoms with Gasteiger partial charge < -0.3 is 15.2 Å². The lowest BCUT2D eigenvalue weighted by Crippen LogP contribution is -2.23. The summed E-state index contributed by atoms with van der Waals surface area (Å²) in [4.78, 5) is 37.7. The van der Waals surface area contributed by atoms with Crippen molar-refractivity contribution in [3.8, 4) is 0 Å². The molecule has 8 nitrogen and oxygen atoms in total. The highest BCUT2D eigenvalue weighted by Gasteiger charge is 2.28. The van der Waals surface area contributed by atoms with Crippen molar-refractivity contribution in [2.45, 2.75) is 51.0 Å². The Morgan fingerprint density at radius 2 is 2.12 bits per heavy atom. The van der Waals surface area contributed by atoms with Crippen LogP contribution in [-0.2, 0) is 14.3 Å². The number of fused-ring (bicyclic) bond motifs is 1. The molecule has 32 heavy (non-hydrogen) atoms. The fourth-order valence-corrected chi connectivity index (χ4v) is 4.93. The molecule has 9 heteroatoms. The molecule has 0 aliphatic heterocycles. The number of hydrogen-bond donors (Lipinski definition) is 2. The first-order chi connectivity index (χ1) is 15.5. The number of rotatable bonds is 8. The maximum absolute atomic E-state index is 13.3. The Morgan fingerprint density at radius 3 is 2.91 bits per heavy atom. The third-order valence-electron chi connectivity index (χ3n) is 5.83. The summed E-state index contributed by atoms with van der Waals surface area (Å²) >= 11 is 1.17. The monoisotopic (exact) mass is 454 g/mol. The van der Waals surface area contributed by atoms with E-state index in [9.17, 15) is 14.7 Å². The molecule has 168 valence electrons. The van der Waals surface area contributed by atoms with Gasteiger partial charge in [-0.15, -0.1) is 11.3 Å². The number of aromatic nitrogens is 3. The maximum Gasteiger partial charge on any atom is 0.341 e. The number of nitrogens with one attached hydrogen (secondary N) is 1. The second kappa shape index (κ2) is 10.1. The fraction of sp³-hybridized carbons (Fsp3) is 0.435. The topological polar surface area (TPSA) is 114 Å². The van der Waals surface area contributed by atoms with Crippen molar-refractivity contribution in [3.63, 3.8) is 0 Å². The van der Waals surface area contributed by atoms with Crippen LogP contribution in [0.25, 0.3) is 10.9 Å². The van der Waals surface area contributed by atoms with Gasteiger partial charge in [-0.3, -0.25) is 4.79 Å². The molecule has 1 aromatic carbocycles. The van der Waals surface area contributed by atoms with Gasteiger partial charge in [-0.25, -0.2) is 19.7 Å². The molecule has 1 aliphatic carbocycles. The summed E-state index contributed by atoms with van der Waals surface area (Å²) < 4.78 is 4.83. The zero-order valence-electron chi connectivity index (χ0n) is 17.9. The van der Waals surface area contributed by atoms with Crippen molar-refractivity contribution >= 4 is 39.2 Å². The number of nitrogens with zero attached hydrogens (tertiary/aromatic N) is 3. The van der Waals surface area contributed by atoms with Gasteiger partial charge in [-0.1, -0.05) is 31.7 Å². The molecule has 3 aromatic rings. The molecule has 0 bridgehead atoms. The third-order valence-corrected chi connectivity index (χ3v) is 6.61. The van der Waals surface area contributed by atoms with Crippen molar-refractivity contribution < 1.29 is 19.4 Å². The van der Waals surface area contributed by atoms with Gasteiger partial charge in [0.15, 0.2) is 11.2 Å². The summed E-state index contributed by atoms with van der Waals surface area (Å²) in [6, 6.07) is 5.84. The van der Waals surface area contributed by atoms with Crippen LogP contribution in [0.5, 0.6) is 0 Å². The second-order valence-electron chi connectivity index (χ2n) is 8.00. The van der Waals surface area contributed by atoms with Crippen LogP contribution in [0.1, 0.15) is 62.3 Å². The SMILES string of the molecule is CCOC(=O)C(O)c1csc(NC(=O)C(CC2CCCC2)c2ccc3ncncc3c2)n1.